The van der Waals surface area contributed by atoms with Gasteiger partial charge < -0.3 is 10.2 Å². The number of unbranched alkanes of at least 4 members (excludes halogenated alkanes) is 3. The van der Waals surface area contributed by atoms with Crippen molar-refractivity contribution >= 4 is 11.9 Å². The quantitative estimate of drug-likeness (QED) is 0.529. The first-order chi connectivity index (χ1) is 9.94. The van der Waals surface area contributed by atoms with Gasteiger partial charge in [-0.1, -0.05) is 59.8 Å². The van der Waals surface area contributed by atoms with Crippen LogP contribution in [0.2, 0.25) is 0 Å². The largest absolute Gasteiger partial charge is 0.481 e. The molecular weight excluding hydrogens is 268 g/mol. The van der Waals surface area contributed by atoms with E-state index in [0.29, 0.717) is 0 Å². The van der Waals surface area contributed by atoms with Crippen molar-refractivity contribution in [2.24, 2.45) is 11.8 Å². The Labute approximate surface area is 129 Å². The highest BCUT2D eigenvalue weighted by Crippen LogP contribution is 2.13. The van der Waals surface area contributed by atoms with Crippen LogP contribution in [0.3, 0.4) is 0 Å². The van der Waals surface area contributed by atoms with Gasteiger partial charge in [-0.15, -0.1) is 0 Å². The van der Waals surface area contributed by atoms with Crippen molar-refractivity contribution in [3.05, 3.63) is 0 Å². The second-order valence-electron chi connectivity index (χ2n) is 5.52. The summed E-state index contributed by atoms with van der Waals surface area (Å²) < 4.78 is 0. The molecule has 2 unspecified atom stereocenters. The van der Waals surface area contributed by atoms with Gasteiger partial charge in [-0.2, -0.15) is 0 Å². The highest BCUT2D eigenvalue weighted by molar-refractivity contribution is 5.70. The topological polar surface area (TPSA) is 74.6 Å². The lowest BCUT2D eigenvalue weighted by molar-refractivity contribution is -0.143. The van der Waals surface area contributed by atoms with Crippen LogP contribution in [0.5, 0.6) is 0 Å². The minimum Gasteiger partial charge on any atom is -0.481 e. The number of rotatable bonds is 11. The molecular formula is C17H34O4. The van der Waals surface area contributed by atoms with Gasteiger partial charge in [0.25, 0.3) is 0 Å². The Morgan fingerprint density at radius 1 is 0.714 bits per heavy atom. The van der Waals surface area contributed by atoms with E-state index >= 15 is 0 Å². The van der Waals surface area contributed by atoms with Crippen LogP contribution in [0.25, 0.3) is 0 Å². The Morgan fingerprint density at radius 3 is 1.38 bits per heavy atom. The van der Waals surface area contributed by atoms with E-state index in [2.05, 4.69) is 13.8 Å². The summed E-state index contributed by atoms with van der Waals surface area (Å²) in [5.74, 6) is -1.50. The fourth-order valence-electron chi connectivity index (χ4n) is 2.10. The minimum atomic E-state index is -0.643. The number of aliphatic carboxylic acids is 2. The Balaban J connectivity index is 0. The van der Waals surface area contributed by atoms with Gasteiger partial charge in [0.05, 0.1) is 11.8 Å². The number of carbonyl (C=O) groups is 2. The second kappa shape index (κ2) is 15.3. The predicted octanol–water partition coefficient (Wildman–Crippen LogP) is 4.96. The highest BCUT2D eigenvalue weighted by Gasteiger charge is 2.13. The summed E-state index contributed by atoms with van der Waals surface area (Å²) in [5, 5.41) is 17.3. The van der Waals surface area contributed by atoms with Crippen molar-refractivity contribution in [1.29, 1.82) is 0 Å². The molecule has 0 bridgehead atoms. The molecule has 0 saturated heterocycles. The molecule has 0 radical (unpaired) electrons. The van der Waals surface area contributed by atoms with Gasteiger partial charge in [-0.25, -0.2) is 0 Å². The standard InChI is InChI=1S/C9H18O2.C8H16O2/c1-3-5-6-7-8(4-2)9(10)11;1-3-5-6-7(4-2)8(9)10/h8H,3-7H2,1-2H3,(H,10,11);7H,3-6H2,1-2H3,(H,9,10). The Bertz CT molecular complexity index is 264. The Kier molecular flexibility index (Phi) is 16.2. The van der Waals surface area contributed by atoms with E-state index < -0.39 is 11.9 Å². The number of carboxylic acid groups (broad SMARTS) is 2. The van der Waals surface area contributed by atoms with Gasteiger partial charge in [0.2, 0.25) is 0 Å². The summed E-state index contributed by atoms with van der Waals surface area (Å²) in [4.78, 5) is 21.0. The van der Waals surface area contributed by atoms with E-state index in [4.69, 9.17) is 10.2 Å². The third-order valence-corrected chi connectivity index (χ3v) is 3.75. The van der Waals surface area contributed by atoms with Gasteiger partial charge in [-0.3, -0.25) is 9.59 Å². The van der Waals surface area contributed by atoms with E-state index in [-0.39, 0.29) is 11.8 Å². The molecule has 2 N–H and O–H groups in total. The maximum Gasteiger partial charge on any atom is 0.306 e. The summed E-state index contributed by atoms with van der Waals surface area (Å²) in [6, 6.07) is 0. The number of hydrogen-bond donors (Lipinski definition) is 2. The lowest BCUT2D eigenvalue weighted by Gasteiger charge is -2.07. The van der Waals surface area contributed by atoms with Crippen LogP contribution in [0.4, 0.5) is 0 Å². The van der Waals surface area contributed by atoms with Crippen molar-refractivity contribution in [2.75, 3.05) is 0 Å². The van der Waals surface area contributed by atoms with Gasteiger partial charge in [-0.05, 0) is 25.7 Å². The third kappa shape index (κ3) is 13.7. The van der Waals surface area contributed by atoms with E-state index in [1.807, 2.05) is 13.8 Å². The van der Waals surface area contributed by atoms with Crippen LogP contribution >= 0.6 is 0 Å². The summed E-state index contributed by atoms with van der Waals surface area (Å²) in [7, 11) is 0. The maximum absolute atomic E-state index is 10.5. The van der Waals surface area contributed by atoms with Crippen LogP contribution in [0, 0.1) is 11.8 Å². The molecule has 126 valence electrons. The van der Waals surface area contributed by atoms with E-state index in [1.165, 1.54) is 0 Å². The SMILES string of the molecule is CCCCC(CC)C(=O)O.CCCCCC(CC)C(=O)O. The van der Waals surface area contributed by atoms with Crippen LogP contribution < -0.4 is 0 Å². The molecule has 0 aromatic rings. The molecule has 0 aromatic heterocycles. The van der Waals surface area contributed by atoms with E-state index in [9.17, 15) is 9.59 Å². The summed E-state index contributed by atoms with van der Waals surface area (Å²) >= 11 is 0. The molecule has 2 atom stereocenters. The Hall–Kier alpha value is -1.06. The fraction of sp³-hybridized carbons (Fsp3) is 0.882. The molecule has 0 saturated carbocycles. The van der Waals surface area contributed by atoms with Gasteiger partial charge in [0, 0.05) is 0 Å². The molecule has 0 rings (SSSR count). The molecule has 0 fully saturated rings. The molecule has 0 heterocycles. The smallest absolute Gasteiger partial charge is 0.306 e. The maximum atomic E-state index is 10.5. The van der Waals surface area contributed by atoms with E-state index in [0.717, 1.165) is 57.8 Å². The minimum absolute atomic E-state index is 0.110. The lowest BCUT2D eigenvalue weighted by atomic mass is 9.99. The second-order valence-corrected chi connectivity index (χ2v) is 5.52. The number of carboxylic acids is 2. The van der Waals surface area contributed by atoms with Gasteiger partial charge in [0.15, 0.2) is 0 Å². The first kappa shape index (κ1) is 22.2. The van der Waals surface area contributed by atoms with Gasteiger partial charge in [0.1, 0.15) is 0 Å². The van der Waals surface area contributed by atoms with E-state index in [1.54, 1.807) is 0 Å². The molecule has 0 amide bonds. The third-order valence-electron chi connectivity index (χ3n) is 3.75. The monoisotopic (exact) mass is 302 g/mol. The molecule has 4 nitrogen and oxygen atoms in total. The van der Waals surface area contributed by atoms with Gasteiger partial charge >= 0.3 is 11.9 Å². The zero-order valence-corrected chi connectivity index (χ0v) is 14.2. The molecule has 0 aliphatic carbocycles. The first-order valence-corrected chi connectivity index (χ1v) is 8.39. The molecule has 21 heavy (non-hydrogen) atoms. The van der Waals surface area contributed by atoms with Crippen LogP contribution in [-0.2, 0) is 9.59 Å². The summed E-state index contributed by atoms with van der Waals surface area (Å²) in [6.45, 7) is 8.06. The molecule has 0 aliphatic heterocycles. The average molecular weight is 302 g/mol. The normalized spacial score (nSPS) is 13.0. The lowest BCUT2D eigenvalue weighted by Crippen LogP contribution is -2.12. The predicted molar refractivity (Wildman–Crippen MR) is 86.5 cm³/mol. The first-order valence-electron chi connectivity index (χ1n) is 8.39. The summed E-state index contributed by atoms with van der Waals surface area (Å²) in [6.07, 6.45) is 8.70. The average Bonchev–Trinajstić information content (AvgIpc) is 2.44. The zero-order valence-electron chi connectivity index (χ0n) is 14.2. The van der Waals surface area contributed by atoms with Crippen molar-refractivity contribution < 1.29 is 19.8 Å². The van der Waals surface area contributed by atoms with Crippen molar-refractivity contribution in [3.63, 3.8) is 0 Å². The Morgan fingerprint density at radius 2 is 1.10 bits per heavy atom. The fourth-order valence-corrected chi connectivity index (χ4v) is 2.10. The van der Waals surface area contributed by atoms with Crippen molar-refractivity contribution in [2.45, 2.75) is 85.5 Å². The molecule has 0 aromatic carbocycles. The van der Waals surface area contributed by atoms with Crippen LogP contribution in [0.1, 0.15) is 85.5 Å². The molecule has 4 heteroatoms. The van der Waals surface area contributed by atoms with Crippen molar-refractivity contribution in [1.82, 2.24) is 0 Å². The highest BCUT2D eigenvalue weighted by atomic mass is 16.4. The van der Waals surface area contributed by atoms with Crippen molar-refractivity contribution in [3.8, 4) is 0 Å². The number of hydrogen-bond acceptors (Lipinski definition) is 2. The molecule has 0 spiro atoms. The zero-order chi connectivity index (χ0) is 16.7. The summed E-state index contributed by atoms with van der Waals surface area (Å²) in [5.41, 5.74) is 0. The van der Waals surface area contributed by atoms with Crippen LogP contribution in [-0.4, -0.2) is 22.2 Å². The molecule has 0 aliphatic rings. The van der Waals surface area contributed by atoms with Crippen LogP contribution in [0.15, 0.2) is 0 Å².